The van der Waals surface area contributed by atoms with Crippen LogP contribution in [-0.2, 0) is 9.59 Å². The van der Waals surface area contributed by atoms with Crippen LogP contribution in [0.5, 0.6) is 5.75 Å². The van der Waals surface area contributed by atoms with E-state index in [1.165, 1.54) is 19.0 Å². The fraction of sp³-hybridized carbons (Fsp3) is 0.500. The summed E-state index contributed by atoms with van der Waals surface area (Å²) in [5.41, 5.74) is 3.31. The highest BCUT2D eigenvalue weighted by Gasteiger charge is 2.30. The summed E-state index contributed by atoms with van der Waals surface area (Å²) in [5, 5.41) is 23.9. The first-order valence-corrected chi connectivity index (χ1v) is 20.0. The molecule has 3 N–H and O–H groups in total. The molecule has 0 radical (unpaired) electrons. The molecule has 0 bridgehead atoms. The van der Waals surface area contributed by atoms with Gasteiger partial charge in [0.1, 0.15) is 11.8 Å². The molecule has 2 aliphatic heterocycles. The van der Waals surface area contributed by atoms with Gasteiger partial charge < -0.3 is 20.3 Å². The lowest BCUT2D eigenvalue weighted by molar-refractivity contribution is -0.134. The van der Waals surface area contributed by atoms with Crippen LogP contribution in [0.2, 0.25) is 0 Å². The maximum Gasteiger partial charge on any atom is 0.255 e. The smallest absolute Gasteiger partial charge is 0.255 e. The number of benzene rings is 1. The molecule has 13 nitrogen and oxygen atoms in total. The summed E-state index contributed by atoms with van der Waals surface area (Å²) in [6, 6.07) is 14.0. The number of amides is 3. The molecular formula is C42H49N9O4. The molecule has 3 amide bonds. The van der Waals surface area contributed by atoms with E-state index in [-0.39, 0.29) is 29.7 Å². The van der Waals surface area contributed by atoms with Gasteiger partial charge in [0.2, 0.25) is 11.8 Å². The molecule has 4 aliphatic rings. The number of nitriles is 1. The number of likely N-dealkylation sites (tertiary alicyclic amines) is 1. The maximum atomic E-state index is 13.8. The van der Waals surface area contributed by atoms with Crippen LogP contribution in [0.1, 0.15) is 104 Å². The standard InChI is InChI=1S/C42H49N9O4/c43-21-29-19-31-23-46-51(40(31)45-22-29)38-20-37(47-32-3-1-2-4-32)36(24-44-38)42(54)48-33-9-5-27(6-10-33)25-50-17-15-28(16-18-50)26-55-34-11-7-30(8-12-34)35-13-14-39(52)49-41(35)53/h7-8,11-12,19-20,22-24,27-28,32-33,35H,1-6,9-10,13-18,25-26H2,(H,44,47)(H,48,54)(H,49,52,53). The fourth-order valence-corrected chi connectivity index (χ4v) is 8.78. The number of imide groups is 1. The van der Waals surface area contributed by atoms with E-state index in [1.54, 1.807) is 23.1 Å². The number of aromatic nitrogens is 4. The molecule has 55 heavy (non-hydrogen) atoms. The van der Waals surface area contributed by atoms with Crippen LogP contribution in [0, 0.1) is 23.2 Å². The number of pyridine rings is 2. The highest BCUT2D eigenvalue weighted by Crippen LogP contribution is 2.31. The summed E-state index contributed by atoms with van der Waals surface area (Å²) in [6.45, 7) is 3.94. The van der Waals surface area contributed by atoms with Gasteiger partial charge >= 0.3 is 0 Å². The minimum absolute atomic E-state index is 0.0975. The molecule has 5 heterocycles. The van der Waals surface area contributed by atoms with Crippen LogP contribution in [0.15, 0.2) is 55.0 Å². The zero-order valence-corrected chi connectivity index (χ0v) is 31.2. The Morgan fingerprint density at radius 3 is 2.42 bits per heavy atom. The predicted octanol–water partition coefficient (Wildman–Crippen LogP) is 5.64. The number of carbonyl (C=O) groups excluding carboxylic acids is 3. The van der Waals surface area contributed by atoms with Gasteiger partial charge in [0.15, 0.2) is 11.5 Å². The van der Waals surface area contributed by atoms with Crippen molar-refractivity contribution in [3.8, 4) is 17.6 Å². The topological polar surface area (TPSA) is 167 Å². The van der Waals surface area contributed by atoms with Crippen molar-refractivity contribution in [3.05, 3.63) is 71.7 Å². The Morgan fingerprint density at radius 2 is 1.67 bits per heavy atom. The lowest BCUT2D eigenvalue weighted by Gasteiger charge is -2.36. The van der Waals surface area contributed by atoms with Crippen LogP contribution in [0.3, 0.4) is 0 Å². The lowest BCUT2D eigenvalue weighted by atomic mass is 9.85. The molecule has 1 aromatic carbocycles. The van der Waals surface area contributed by atoms with Crippen LogP contribution >= 0.6 is 0 Å². The number of hydrogen-bond acceptors (Lipinski definition) is 10. The van der Waals surface area contributed by atoms with Gasteiger partial charge in [0, 0.05) is 48.9 Å². The molecule has 2 aliphatic carbocycles. The Morgan fingerprint density at radius 1 is 0.891 bits per heavy atom. The molecule has 13 heteroatoms. The van der Waals surface area contributed by atoms with E-state index >= 15 is 0 Å². The second-order valence-electron chi connectivity index (χ2n) is 15.8. The van der Waals surface area contributed by atoms with Gasteiger partial charge in [-0.2, -0.15) is 15.0 Å². The van der Waals surface area contributed by atoms with Gasteiger partial charge in [-0.25, -0.2) is 9.97 Å². The van der Waals surface area contributed by atoms with Crippen molar-refractivity contribution < 1.29 is 19.1 Å². The SMILES string of the molecule is N#Cc1cnc2c(cnn2-c2cc(NC3CCCC3)c(C(=O)NC3CCC(CN4CCC(COc5ccc(C6CCC(=O)NC6=O)cc5)CC4)CC3)cn2)c1. The molecular weight excluding hydrogens is 695 g/mol. The van der Waals surface area contributed by atoms with Crippen molar-refractivity contribution in [2.75, 3.05) is 31.6 Å². The zero-order valence-electron chi connectivity index (χ0n) is 31.2. The summed E-state index contributed by atoms with van der Waals surface area (Å²) in [5.74, 6) is 1.74. The third-order valence-electron chi connectivity index (χ3n) is 12.0. The minimum Gasteiger partial charge on any atom is -0.493 e. The fourth-order valence-electron chi connectivity index (χ4n) is 8.78. The van der Waals surface area contributed by atoms with Crippen LogP contribution < -0.4 is 20.7 Å². The predicted molar refractivity (Wildman–Crippen MR) is 207 cm³/mol. The average Bonchev–Trinajstić information content (AvgIpc) is 3.89. The summed E-state index contributed by atoms with van der Waals surface area (Å²) in [4.78, 5) is 49.2. The van der Waals surface area contributed by atoms with Gasteiger partial charge in [0.05, 0.1) is 35.5 Å². The van der Waals surface area contributed by atoms with Crippen molar-refractivity contribution in [1.82, 2.24) is 35.3 Å². The molecule has 4 fully saturated rings. The first-order valence-electron chi connectivity index (χ1n) is 20.0. The molecule has 1 unspecified atom stereocenters. The molecule has 0 spiro atoms. The van der Waals surface area contributed by atoms with Crippen molar-refractivity contribution in [1.29, 1.82) is 5.26 Å². The van der Waals surface area contributed by atoms with Gasteiger partial charge in [0.25, 0.3) is 5.91 Å². The van der Waals surface area contributed by atoms with Crippen LogP contribution in [0.25, 0.3) is 16.9 Å². The quantitative estimate of drug-likeness (QED) is 0.164. The molecule has 286 valence electrons. The highest BCUT2D eigenvalue weighted by molar-refractivity contribution is 6.01. The van der Waals surface area contributed by atoms with Crippen molar-refractivity contribution in [2.45, 2.75) is 95.1 Å². The molecule has 1 atom stereocenters. The monoisotopic (exact) mass is 743 g/mol. The molecule has 4 aromatic rings. The van der Waals surface area contributed by atoms with Crippen LogP contribution in [-0.4, -0.2) is 80.7 Å². The van der Waals surface area contributed by atoms with Crippen molar-refractivity contribution >= 4 is 34.4 Å². The summed E-state index contributed by atoms with van der Waals surface area (Å²) in [7, 11) is 0. The number of rotatable bonds is 11. The Bertz CT molecular complexity index is 2050. The number of hydrogen-bond donors (Lipinski definition) is 3. The van der Waals surface area contributed by atoms with Gasteiger partial charge in [-0.1, -0.05) is 25.0 Å². The number of nitrogens with one attached hydrogen (secondary N) is 3. The van der Waals surface area contributed by atoms with E-state index in [4.69, 9.17) is 4.74 Å². The minimum atomic E-state index is -0.278. The van der Waals surface area contributed by atoms with E-state index in [1.807, 2.05) is 30.3 Å². The number of nitrogens with zero attached hydrogens (tertiary/aromatic N) is 6. The number of anilines is 1. The molecule has 8 rings (SSSR count). The largest absolute Gasteiger partial charge is 0.493 e. The van der Waals surface area contributed by atoms with Gasteiger partial charge in [-0.15, -0.1) is 0 Å². The molecule has 2 saturated carbocycles. The Kier molecular flexibility index (Phi) is 11.0. The number of piperidine rings is 2. The Hall–Kier alpha value is -5.35. The summed E-state index contributed by atoms with van der Waals surface area (Å²) < 4.78 is 7.80. The second-order valence-corrected chi connectivity index (χ2v) is 15.8. The van der Waals surface area contributed by atoms with E-state index in [9.17, 15) is 19.6 Å². The third kappa shape index (κ3) is 8.65. The first kappa shape index (κ1) is 36.6. The van der Waals surface area contributed by atoms with Gasteiger partial charge in [-0.05, 0) is 106 Å². The lowest BCUT2D eigenvalue weighted by Crippen LogP contribution is -2.42. The molecule has 2 saturated heterocycles. The molecule has 3 aromatic heterocycles. The number of ether oxygens (including phenoxy) is 1. The number of carbonyl (C=O) groups is 3. The zero-order chi connectivity index (χ0) is 37.7. The van der Waals surface area contributed by atoms with Crippen molar-refractivity contribution in [2.24, 2.45) is 11.8 Å². The highest BCUT2D eigenvalue weighted by atomic mass is 16.5. The maximum absolute atomic E-state index is 13.8. The first-order chi connectivity index (χ1) is 26.9. The Labute approximate surface area is 321 Å². The normalized spacial score (nSPS) is 22.6. The van der Waals surface area contributed by atoms with Gasteiger partial charge in [-0.3, -0.25) is 19.7 Å². The Balaban J connectivity index is 0.797. The average molecular weight is 744 g/mol. The van der Waals surface area contributed by atoms with E-state index in [2.05, 4.69) is 42.0 Å². The number of fused-ring (bicyclic) bond motifs is 1. The third-order valence-corrected chi connectivity index (χ3v) is 12.0. The second kappa shape index (κ2) is 16.6. The van der Waals surface area contributed by atoms with E-state index < -0.39 is 0 Å². The van der Waals surface area contributed by atoms with Crippen molar-refractivity contribution in [3.63, 3.8) is 0 Å². The van der Waals surface area contributed by atoms with E-state index in [0.717, 1.165) is 93.4 Å². The summed E-state index contributed by atoms with van der Waals surface area (Å²) >= 11 is 0. The summed E-state index contributed by atoms with van der Waals surface area (Å²) in [6.07, 6.45) is 16.6. The van der Waals surface area contributed by atoms with E-state index in [0.29, 0.717) is 59.9 Å². The van der Waals surface area contributed by atoms with Crippen LogP contribution in [0.4, 0.5) is 5.69 Å².